The van der Waals surface area contributed by atoms with Crippen molar-refractivity contribution in [1.82, 2.24) is 30.1 Å². The molecule has 0 atom stereocenters. The number of nitrogens with one attached hydrogen (secondary N) is 2. The van der Waals surface area contributed by atoms with Gasteiger partial charge in [-0.15, -0.1) is 0 Å². The molecule has 0 unspecified atom stereocenters. The fraction of sp³-hybridized carbons (Fsp3) is 0.214. The second-order valence-electron chi connectivity index (χ2n) is 9.27. The molecule has 0 radical (unpaired) electrons. The molecule has 7 nitrogen and oxygen atoms in total. The largest absolute Gasteiger partial charge is 0.489 e. The molecule has 1 aliphatic rings. The Bertz CT molecular complexity index is 1660. The number of pyridine rings is 3. The van der Waals surface area contributed by atoms with Crippen LogP contribution in [-0.2, 0) is 0 Å². The van der Waals surface area contributed by atoms with Crippen molar-refractivity contribution in [3.63, 3.8) is 0 Å². The van der Waals surface area contributed by atoms with E-state index in [0.29, 0.717) is 0 Å². The van der Waals surface area contributed by atoms with Crippen LogP contribution >= 0.6 is 11.3 Å². The molecule has 8 heteroatoms. The Morgan fingerprint density at radius 3 is 2.75 bits per heavy atom. The molecule has 1 saturated carbocycles. The molecule has 1 aliphatic carbocycles. The Labute approximate surface area is 211 Å². The summed E-state index contributed by atoms with van der Waals surface area (Å²) in [7, 11) is 0. The van der Waals surface area contributed by atoms with Crippen LogP contribution < -0.4 is 4.74 Å². The Hall–Kier alpha value is -4.04. The van der Waals surface area contributed by atoms with Gasteiger partial charge in [-0.2, -0.15) is 16.4 Å². The number of rotatable bonds is 5. The van der Waals surface area contributed by atoms with Crippen molar-refractivity contribution in [2.45, 2.75) is 38.2 Å². The van der Waals surface area contributed by atoms with Gasteiger partial charge in [-0.3, -0.25) is 15.1 Å². The SMILES string of the molecule is c1cc2[nH]c(-c3n[nH]c4ccc(-c5cncc(OC6CCCCC6)c5)nc34)cc2c(-c2ccsc2)n1. The van der Waals surface area contributed by atoms with E-state index in [2.05, 4.69) is 48.0 Å². The number of hydrogen-bond donors (Lipinski definition) is 2. The Morgan fingerprint density at radius 2 is 1.86 bits per heavy atom. The van der Waals surface area contributed by atoms with Gasteiger partial charge >= 0.3 is 0 Å². The fourth-order valence-electron chi connectivity index (χ4n) is 5.06. The lowest BCUT2D eigenvalue weighted by atomic mass is 9.98. The summed E-state index contributed by atoms with van der Waals surface area (Å²) < 4.78 is 6.24. The van der Waals surface area contributed by atoms with E-state index < -0.39 is 0 Å². The average molecular weight is 493 g/mol. The molecule has 0 amide bonds. The summed E-state index contributed by atoms with van der Waals surface area (Å²) in [5, 5.41) is 13.0. The minimum Gasteiger partial charge on any atom is -0.489 e. The van der Waals surface area contributed by atoms with Crippen LogP contribution in [0.5, 0.6) is 5.75 Å². The van der Waals surface area contributed by atoms with Crippen LogP contribution in [0.2, 0.25) is 0 Å². The molecular weight excluding hydrogens is 468 g/mol. The van der Waals surface area contributed by atoms with E-state index in [1.54, 1.807) is 17.5 Å². The molecule has 0 spiro atoms. The van der Waals surface area contributed by atoms with Crippen molar-refractivity contribution in [1.29, 1.82) is 0 Å². The summed E-state index contributed by atoms with van der Waals surface area (Å²) in [4.78, 5) is 17.6. The minimum absolute atomic E-state index is 0.280. The average Bonchev–Trinajstić information content (AvgIpc) is 3.68. The highest BCUT2D eigenvalue weighted by Crippen LogP contribution is 2.34. The number of H-pyrrole nitrogens is 2. The van der Waals surface area contributed by atoms with E-state index in [9.17, 15) is 0 Å². The van der Waals surface area contributed by atoms with Gasteiger partial charge in [-0.05, 0) is 67.5 Å². The lowest BCUT2D eigenvalue weighted by molar-refractivity contribution is 0.154. The minimum atomic E-state index is 0.280. The third-order valence-corrected chi connectivity index (χ3v) is 7.55. The molecule has 6 aromatic rings. The van der Waals surface area contributed by atoms with Crippen molar-refractivity contribution in [2.75, 3.05) is 0 Å². The zero-order valence-corrected chi connectivity index (χ0v) is 20.4. The first-order valence-electron chi connectivity index (χ1n) is 12.3. The van der Waals surface area contributed by atoms with E-state index in [-0.39, 0.29) is 6.10 Å². The van der Waals surface area contributed by atoms with Crippen molar-refractivity contribution < 1.29 is 4.74 Å². The molecule has 2 N–H and O–H groups in total. The van der Waals surface area contributed by atoms with Crippen LogP contribution in [0.4, 0.5) is 0 Å². The van der Waals surface area contributed by atoms with Gasteiger partial charge in [0, 0.05) is 39.8 Å². The first-order chi connectivity index (χ1) is 17.8. The zero-order valence-electron chi connectivity index (χ0n) is 19.6. The summed E-state index contributed by atoms with van der Waals surface area (Å²) >= 11 is 1.67. The van der Waals surface area contributed by atoms with Gasteiger partial charge in [0.25, 0.3) is 0 Å². The van der Waals surface area contributed by atoms with Gasteiger partial charge in [-0.1, -0.05) is 6.42 Å². The summed E-state index contributed by atoms with van der Waals surface area (Å²) in [6.07, 6.45) is 11.7. The van der Waals surface area contributed by atoms with E-state index in [1.807, 2.05) is 36.7 Å². The Kier molecular flexibility index (Phi) is 5.24. The Balaban J connectivity index is 1.26. The van der Waals surface area contributed by atoms with E-state index in [0.717, 1.165) is 74.4 Å². The normalized spacial score (nSPS) is 14.6. The topological polar surface area (TPSA) is 92.4 Å². The summed E-state index contributed by atoms with van der Waals surface area (Å²) in [6, 6.07) is 12.2. The number of ether oxygens (including phenoxy) is 1. The van der Waals surface area contributed by atoms with Gasteiger partial charge in [0.1, 0.15) is 17.0 Å². The molecule has 0 aromatic carbocycles. The zero-order chi connectivity index (χ0) is 23.9. The first kappa shape index (κ1) is 21.3. The van der Waals surface area contributed by atoms with Gasteiger partial charge in [-0.25, -0.2) is 4.98 Å². The van der Waals surface area contributed by atoms with Gasteiger partial charge in [0.15, 0.2) is 0 Å². The van der Waals surface area contributed by atoms with Crippen LogP contribution in [0.25, 0.3) is 55.8 Å². The quantitative estimate of drug-likeness (QED) is 0.270. The number of fused-ring (bicyclic) bond motifs is 2. The molecule has 6 heterocycles. The third kappa shape index (κ3) is 3.83. The summed E-state index contributed by atoms with van der Waals surface area (Å²) in [6.45, 7) is 0. The monoisotopic (exact) mass is 492 g/mol. The number of hydrogen-bond acceptors (Lipinski definition) is 6. The van der Waals surface area contributed by atoms with E-state index >= 15 is 0 Å². The number of nitrogens with zero attached hydrogens (tertiary/aromatic N) is 4. The van der Waals surface area contributed by atoms with E-state index in [4.69, 9.17) is 9.72 Å². The molecule has 1 fully saturated rings. The van der Waals surface area contributed by atoms with Crippen LogP contribution in [0.15, 0.2) is 65.7 Å². The molecule has 0 aliphatic heterocycles. The van der Waals surface area contributed by atoms with E-state index in [1.165, 1.54) is 19.3 Å². The highest BCUT2D eigenvalue weighted by molar-refractivity contribution is 7.08. The van der Waals surface area contributed by atoms with Crippen LogP contribution in [0.3, 0.4) is 0 Å². The molecule has 36 heavy (non-hydrogen) atoms. The van der Waals surface area contributed by atoms with Crippen molar-refractivity contribution in [3.05, 3.63) is 65.7 Å². The molecule has 6 aromatic heterocycles. The van der Waals surface area contributed by atoms with Crippen molar-refractivity contribution in [3.8, 4) is 39.7 Å². The Morgan fingerprint density at radius 1 is 0.917 bits per heavy atom. The third-order valence-electron chi connectivity index (χ3n) is 6.87. The maximum atomic E-state index is 6.24. The predicted octanol–water partition coefficient (Wildman–Crippen LogP) is 7.00. The van der Waals surface area contributed by atoms with Gasteiger partial charge in [0.05, 0.1) is 34.9 Å². The van der Waals surface area contributed by atoms with Crippen LogP contribution in [0.1, 0.15) is 32.1 Å². The molecule has 0 saturated heterocycles. The summed E-state index contributed by atoms with van der Waals surface area (Å²) in [5.41, 5.74) is 8.23. The van der Waals surface area contributed by atoms with Gasteiger partial charge < -0.3 is 9.72 Å². The van der Waals surface area contributed by atoms with Gasteiger partial charge in [0.2, 0.25) is 0 Å². The maximum Gasteiger partial charge on any atom is 0.138 e. The highest BCUT2D eigenvalue weighted by Gasteiger charge is 2.18. The first-order valence-corrected chi connectivity index (χ1v) is 13.2. The number of aromatic nitrogens is 6. The fourth-order valence-corrected chi connectivity index (χ4v) is 5.70. The standard InChI is InChI=1S/C28H24N6OS/c1-2-4-19(5-3-1)35-20-12-18(14-29-15-20)22-6-7-24-27(32-22)28(34-33-24)25-13-21-23(31-25)8-10-30-26(21)17-9-11-36-16-17/h6-16,19,31H,1-5H2,(H,33,34). The van der Waals surface area contributed by atoms with Crippen molar-refractivity contribution >= 4 is 33.3 Å². The molecular formula is C28H24N6OS. The molecule has 7 rings (SSSR count). The number of thiophene rings is 1. The molecule has 178 valence electrons. The van der Waals surface area contributed by atoms with Crippen molar-refractivity contribution in [2.24, 2.45) is 0 Å². The number of aromatic amines is 2. The second kappa shape index (κ2) is 8.87. The molecule has 0 bridgehead atoms. The van der Waals surface area contributed by atoms with Crippen LogP contribution in [-0.4, -0.2) is 36.2 Å². The smallest absolute Gasteiger partial charge is 0.138 e. The highest BCUT2D eigenvalue weighted by atomic mass is 32.1. The van der Waals surface area contributed by atoms with Crippen LogP contribution in [0, 0.1) is 0 Å². The second-order valence-corrected chi connectivity index (χ2v) is 10.0. The lowest BCUT2D eigenvalue weighted by Crippen LogP contribution is -2.19. The summed E-state index contributed by atoms with van der Waals surface area (Å²) in [5.74, 6) is 0.804. The lowest BCUT2D eigenvalue weighted by Gasteiger charge is -2.22. The predicted molar refractivity (Wildman–Crippen MR) is 143 cm³/mol. The maximum absolute atomic E-state index is 6.24.